The molecule has 0 atom stereocenters. The Balaban J connectivity index is 1.59. The molecule has 0 radical (unpaired) electrons. The summed E-state index contributed by atoms with van der Waals surface area (Å²) in [6.07, 6.45) is 0. The Morgan fingerprint density at radius 1 is 1.07 bits per heavy atom. The number of fused-ring (bicyclic) bond motifs is 1. The molecule has 0 fully saturated rings. The molecule has 1 amide bonds. The number of nitrogens with zero attached hydrogens (tertiary/aromatic N) is 4. The van der Waals surface area contributed by atoms with Crippen molar-refractivity contribution in [2.24, 2.45) is 0 Å². The topological polar surface area (TPSA) is 71.8 Å². The first-order chi connectivity index (χ1) is 14.5. The van der Waals surface area contributed by atoms with Crippen molar-refractivity contribution >= 4 is 23.2 Å². The van der Waals surface area contributed by atoms with Gasteiger partial charge in [-0.15, -0.1) is 5.10 Å². The van der Waals surface area contributed by atoms with E-state index in [1.54, 1.807) is 42.9 Å². The van der Waals surface area contributed by atoms with E-state index in [-0.39, 0.29) is 5.91 Å². The first kappa shape index (κ1) is 19.4. The number of halogens is 1. The maximum absolute atomic E-state index is 12.3. The fraction of sp³-hybridized carbons (Fsp3) is 0.136. The quantitative estimate of drug-likeness (QED) is 0.522. The number of carbonyl (C=O) groups excluding carboxylic acids is 1. The summed E-state index contributed by atoms with van der Waals surface area (Å²) in [6.45, 7) is -0.864. The minimum atomic E-state index is -0.864. The smallest absolute Gasteiger partial charge is 0.253 e. The van der Waals surface area contributed by atoms with Crippen molar-refractivity contribution in [3.63, 3.8) is 0 Å². The first-order valence-corrected chi connectivity index (χ1v) is 9.29. The van der Waals surface area contributed by atoms with Gasteiger partial charge in [0.15, 0.2) is 5.65 Å². The number of rotatable bonds is 6. The highest BCUT2D eigenvalue weighted by atomic mass is 19.1. The third-order valence-electron chi connectivity index (χ3n) is 4.53. The van der Waals surface area contributed by atoms with Gasteiger partial charge in [0, 0.05) is 30.9 Å². The predicted octanol–water partition coefficient (Wildman–Crippen LogP) is 4.15. The van der Waals surface area contributed by atoms with E-state index in [2.05, 4.69) is 15.4 Å². The number of amides is 1. The van der Waals surface area contributed by atoms with Gasteiger partial charge >= 0.3 is 0 Å². The summed E-state index contributed by atoms with van der Waals surface area (Å²) in [6, 6.07) is 19.9. The zero-order valence-electron chi connectivity index (χ0n) is 16.5. The molecule has 0 aliphatic carbocycles. The van der Waals surface area contributed by atoms with Crippen molar-refractivity contribution in [2.75, 3.05) is 26.3 Å². The van der Waals surface area contributed by atoms with Crippen LogP contribution >= 0.6 is 0 Å². The lowest BCUT2D eigenvalue weighted by Gasteiger charge is -2.10. The molecule has 1 N–H and O–H groups in total. The highest BCUT2D eigenvalue weighted by Crippen LogP contribution is 2.24. The standard InChI is InChI=1S/C22H20FN5O2/c1-27(2)21(29)16-6-10-17(11-7-16)24-22-25-20-5-3-4-19(28(20)26-22)15-8-12-18(13-9-15)30-14-23/h3-13H,14H2,1-2H3,(H,24,26). The number of anilines is 2. The average Bonchev–Trinajstić information content (AvgIpc) is 3.17. The lowest BCUT2D eigenvalue weighted by Crippen LogP contribution is -2.21. The van der Waals surface area contributed by atoms with Crippen molar-refractivity contribution in [3.8, 4) is 17.0 Å². The molecule has 2 aromatic carbocycles. The molecule has 0 saturated carbocycles. The Morgan fingerprint density at radius 3 is 2.47 bits per heavy atom. The third-order valence-corrected chi connectivity index (χ3v) is 4.53. The molecule has 0 aliphatic rings. The Kier molecular flexibility index (Phi) is 5.30. The van der Waals surface area contributed by atoms with Crippen molar-refractivity contribution in [2.45, 2.75) is 0 Å². The average molecular weight is 405 g/mol. The first-order valence-electron chi connectivity index (χ1n) is 9.29. The van der Waals surface area contributed by atoms with E-state index in [0.29, 0.717) is 22.9 Å². The van der Waals surface area contributed by atoms with Crippen LogP contribution in [0.2, 0.25) is 0 Å². The van der Waals surface area contributed by atoms with E-state index in [0.717, 1.165) is 16.9 Å². The van der Waals surface area contributed by atoms with Crippen molar-refractivity contribution in [1.82, 2.24) is 19.5 Å². The number of hydrogen-bond donors (Lipinski definition) is 1. The third kappa shape index (κ3) is 3.93. The lowest BCUT2D eigenvalue weighted by molar-refractivity contribution is 0.0827. The molecule has 4 rings (SSSR count). The summed E-state index contributed by atoms with van der Waals surface area (Å²) in [7, 11) is 3.43. The van der Waals surface area contributed by atoms with Crippen LogP contribution in [0, 0.1) is 0 Å². The van der Waals surface area contributed by atoms with Crippen LogP contribution in [0.4, 0.5) is 16.0 Å². The summed E-state index contributed by atoms with van der Waals surface area (Å²) in [5, 5.41) is 7.72. The molecule has 4 aromatic rings. The Bertz CT molecular complexity index is 1170. The molecule has 8 heteroatoms. The van der Waals surface area contributed by atoms with Crippen molar-refractivity contribution in [1.29, 1.82) is 0 Å². The highest BCUT2D eigenvalue weighted by Gasteiger charge is 2.11. The summed E-state index contributed by atoms with van der Waals surface area (Å²) in [4.78, 5) is 18.1. The monoisotopic (exact) mass is 405 g/mol. The number of pyridine rings is 1. The van der Waals surface area contributed by atoms with Crippen LogP contribution < -0.4 is 10.1 Å². The molecule has 30 heavy (non-hydrogen) atoms. The van der Waals surface area contributed by atoms with Crippen molar-refractivity contribution < 1.29 is 13.9 Å². The Labute approximate surface area is 172 Å². The maximum atomic E-state index is 12.3. The van der Waals surface area contributed by atoms with Gasteiger partial charge in [0.2, 0.25) is 12.8 Å². The van der Waals surface area contributed by atoms with Gasteiger partial charge in [0.05, 0.1) is 5.69 Å². The van der Waals surface area contributed by atoms with Gasteiger partial charge in [-0.1, -0.05) is 6.07 Å². The number of alkyl halides is 1. The van der Waals surface area contributed by atoms with Crippen LogP contribution in [0.3, 0.4) is 0 Å². The molecule has 152 valence electrons. The molecule has 7 nitrogen and oxygen atoms in total. The number of ether oxygens (including phenoxy) is 1. The zero-order chi connectivity index (χ0) is 21.1. The zero-order valence-corrected chi connectivity index (χ0v) is 16.5. The second-order valence-corrected chi connectivity index (χ2v) is 6.80. The minimum Gasteiger partial charge on any atom is -0.463 e. The molecule has 0 aliphatic heterocycles. The summed E-state index contributed by atoms with van der Waals surface area (Å²) in [5.41, 5.74) is 3.80. The summed E-state index contributed by atoms with van der Waals surface area (Å²) in [5.74, 6) is 0.845. The summed E-state index contributed by atoms with van der Waals surface area (Å²) < 4.78 is 18.9. The lowest BCUT2D eigenvalue weighted by atomic mass is 10.1. The molecule has 0 bridgehead atoms. The van der Waals surface area contributed by atoms with Gasteiger partial charge in [-0.3, -0.25) is 4.79 Å². The molecule has 2 heterocycles. The SMILES string of the molecule is CN(C)C(=O)c1ccc(Nc2nc3cccc(-c4ccc(OCF)cc4)n3n2)cc1. The van der Waals surface area contributed by atoms with Gasteiger partial charge in [0.1, 0.15) is 5.75 Å². The van der Waals surface area contributed by atoms with Crippen LogP contribution in [0.1, 0.15) is 10.4 Å². The number of nitrogens with one attached hydrogen (secondary N) is 1. The van der Waals surface area contributed by atoms with Gasteiger partial charge in [-0.2, -0.15) is 4.98 Å². The van der Waals surface area contributed by atoms with Gasteiger partial charge in [0.25, 0.3) is 5.91 Å². The molecule has 0 saturated heterocycles. The van der Waals surface area contributed by atoms with Gasteiger partial charge in [-0.25, -0.2) is 8.91 Å². The van der Waals surface area contributed by atoms with E-state index < -0.39 is 6.86 Å². The number of hydrogen-bond acceptors (Lipinski definition) is 5. The number of carbonyl (C=O) groups is 1. The number of benzene rings is 2. The second kappa shape index (κ2) is 8.20. The van der Waals surface area contributed by atoms with Crippen LogP contribution in [-0.4, -0.2) is 46.4 Å². The largest absolute Gasteiger partial charge is 0.463 e. The number of aromatic nitrogens is 3. The van der Waals surface area contributed by atoms with Crippen molar-refractivity contribution in [3.05, 3.63) is 72.3 Å². The van der Waals surface area contributed by atoms with E-state index >= 15 is 0 Å². The Morgan fingerprint density at radius 2 is 1.80 bits per heavy atom. The molecule has 0 spiro atoms. The van der Waals surface area contributed by atoms with Crippen LogP contribution in [0.5, 0.6) is 5.75 Å². The molecular weight excluding hydrogens is 385 g/mol. The van der Waals surface area contributed by atoms with Gasteiger partial charge in [-0.05, 0) is 60.7 Å². The van der Waals surface area contributed by atoms with Gasteiger partial charge < -0.3 is 15.0 Å². The summed E-state index contributed by atoms with van der Waals surface area (Å²) >= 11 is 0. The fourth-order valence-corrected chi connectivity index (χ4v) is 3.05. The fourth-order valence-electron chi connectivity index (χ4n) is 3.05. The minimum absolute atomic E-state index is 0.0556. The van der Waals surface area contributed by atoms with Crippen LogP contribution in [0.15, 0.2) is 66.7 Å². The van der Waals surface area contributed by atoms with E-state index in [1.807, 2.05) is 42.5 Å². The predicted molar refractivity (Wildman–Crippen MR) is 113 cm³/mol. The second-order valence-electron chi connectivity index (χ2n) is 6.80. The highest BCUT2D eigenvalue weighted by molar-refractivity contribution is 5.94. The van der Waals surface area contributed by atoms with E-state index in [1.165, 1.54) is 4.90 Å². The van der Waals surface area contributed by atoms with Crippen LogP contribution in [0.25, 0.3) is 16.9 Å². The normalized spacial score (nSPS) is 10.8. The van der Waals surface area contributed by atoms with E-state index in [4.69, 9.17) is 4.74 Å². The van der Waals surface area contributed by atoms with E-state index in [9.17, 15) is 9.18 Å². The maximum Gasteiger partial charge on any atom is 0.253 e. The Hall–Kier alpha value is -3.94. The molecular formula is C22H20FN5O2. The molecule has 2 aromatic heterocycles. The van der Waals surface area contributed by atoms with Crippen LogP contribution in [-0.2, 0) is 0 Å². The molecule has 0 unspecified atom stereocenters.